The van der Waals surface area contributed by atoms with Crippen LogP contribution in [-0.2, 0) is 4.79 Å². The van der Waals surface area contributed by atoms with E-state index in [0.29, 0.717) is 22.2 Å². The molecular weight excluding hydrogens is 354 g/mol. The molecule has 1 N–H and O–H groups in total. The van der Waals surface area contributed by atoms with Gasteiger partial charge < -0.3 is 19.5 Å². The number of amides is 1. The molecule has 0 saturated heterocycles. The number of halogens is 1. The van der Waals surface area contributed by atoms with E-state index in [2.05, 4.69) is 5.32 Å². The van der Waals surface area contributed by atoms with Gasteiger partial charge in [0, 0.05) is 11.8 Å². The summed E-state index contributed by atoms with van der Waals surface area (Å²) in [5, 5.41) is 3.20. The molecule has 0 aliphatic carbocycles. The van der Waals surface area contributed by atoms with E-state index in [1.165, 1.54) is 20.3 Å². The fraction of sp³-hybridized carbons (Fsp3) is 0.250. The first kappa shape index (κ1) is 19.7. The molecule has 0 aromatic heterocycles. The monoisotopic (exact) mass is 375 g/mol. The minimum Gasteiger partial charge on any atom is -0.493 e. The van der Waals surface area contributed by atoms with E-state index in [0.717, 1.165) is 11.3 Å². The largest absolute Gasteiger partial charge is 0.493 e. The second kappa shape index (κ2) is 9.15. The van der Waals surface area contributed by atoms with Crippen molar-refractivity contribution in [1.82, 2.24) is 0 Å². The van der Waals surface area contributed by atoms with Crippen molar-refractivity contribution < 1.29 is 19.0 Å². The third-order valence-corrected chi connectivity index (χ3v) is 3.66. The molecule has 0 radical (unpaired) electrons. The lowest BCUT2D eigenvalue weighted by Gasteiger charge is -2.10. The fourth-order valence-corrected chi connectivity index (χ4v) is 2.58. The fourth-order valence-electron chi connectivity index (χ4n) is 2.28. The Morgan fingerprint density at radius 1 is 1.12 bits per heavy atom. The first-order valence-electron chi connectivity index (χ1n) is 8.10. The molecule has 26 heavy (non-hydrogen) atoms. The van der Waals surface area contributed by atoms with Crippen LogP contribution in [0.5, 0.6) is 17.2 Å². The lowest BCUT2D eigenvalue weighted by atomic mass is 10.2. The molecule has 5 nitrogen and oxygen atoms in total. The van der Waals surface area contributed by atoms with Crippen LogP contribution in [0.1, 0.15) is 19.4 Å². The molecule has 0 atom stereocenters. The van der Waals surface area contributed by atoms with Gasteiger partial charge in [0.25, 0.3) is 0 Å². The molecule has 138 valence electrons. The van der Waals surface area contributed by atoms with Gasteiger partial charge in [-0.2, -0.15) is 0 Å². The van der Waals surface area contributed by atoms with Gasteiger partial charge in [-0.15, -0.1) is 0 Å². The number of nitrogens with one attached hydrogen (secondary N) is 1. The second-order valence-corrected chi connectivity index (χ2v) is 6.16. The average Bonchev–Trinajstić information content (AvgIpc) is 2.60. The average molecular weight is 376 g/mol. The predicted octanol–water partition coefficient (Wildman–Crippen LogP) is 4.80. The molecule has 2 aromatic rings. The summed E-state index contributed by atoms with van der Waals surface area (Å²) >= 11 is 6.16. The minimum absolute atomic E-state index is 0.103. The van der Waals surface area contributed by atoms with Gasteiger partial charge in [-0.05, 0) is 61.9 Å². The Kier molecular flexibility index (Phi) is 6.92. The zero-order valence-electron chi connectivity index (χ0n) is 15.2. The van der Waals surface area contributed by atoms with Crippen molar-refractivity contribution in [2.75, 3.05) is 19.5 Å². The van der Waals surface area contributed by atoms with Gasteiger partial charge in [-0.3, -0.25) is 4.79 Å². The minimum atomic E-state index is -0.256. The summed E-state index contributed by atoms with van der Waals surface area (Å²) in [7, 11) is 3.05. The molecular formula is C20H22ClNO4. The number of carbonyl (C=O) groups is 1. The summed E-state index contributed by atoms with van der Waals surface area (Å²) in [6.45, 7) is 3.92. The van der Waals surface area contributed by atoms with Crippen LogP contribution in [0.2, 0.25) is 5.02 Å². The third-order valence-electron chi connectivity index (χ3n) is 3.38. The van der Waals surface area contributed by atoms with Crippen molar-refractivity contribution in [3.05, 3.63) is 53.1 Å². The highest BCUT2D eigenvalue weighted by molar-refractivity contribution is 6.32. The highest BCUT2D eigenvalue weighted by Gasteiger charge is 2.10. The van der Waals surface area contributed by atoms with E-state index in [1.54, 1.807) is 30.3 Å². The van der Waals surface area contributed by atoms with Crippen molar-refractivity contribution in [1.29, 1.82) is 0 Å². The maximum absolute atomic E-state index is 12.1. The lowest BCUT2D eigenvalue weighted by Crippen LogP contribution is -2.08. The molecule has 0 bridgehead atoms. The van der Waals surface area contributed by atoms with E-state index in [9.17, 15) is 4.79 Å². The van der Waals surface area contributed by atoms with Gasteiger partial charge in [0.1, 0.15) is 5.75 Å². The molecule has 1 amide bonds. The number of ether oxygens (including phenoxy) is 3. The van der Waals surface area contributed by atoms with Crippen molar-refractivity contribution in [3.8, 4) is 17.2 Å². The first-order valence-corrected chi connectivity index (χ1v) is 8.48. The van der Waals surface area contributed by atoms with Crippen LogP contribution in [-0.4, -0.2) is 26.2 Å². The van der Waals surface area contributed by atoms with Crippen LogP contribution in [0.4, 0.5) is 5.69 Å². The van der Waals surface area contributed by atoms with E-state index in [-0.39, 0.29) is 12.0 Å². The SMILES string of the molecule is COc1cc(/C=C/C(=O)Nc2ccc(OC(C)C)cc2)cc(Cl)c1OC. The molecule has 0 saturated carbocycles. The standard InChI is InChI=1S/C20H22ClNO4/c1-13(2)26-16-8-6-15(7-9-16)22-19(23)10-5-14-11-17(21)20(25-4)18(12-14)24-3/h5-13H,1-4H3,(H,22,23)/b10-5+. The number of methoxy groups -OCH3 is 2. The number of hydrogen-bond donors (Lipinski definition) is 1. The third kappa shape index (κ3) is 5.43. The summed E-state index contributed by atoms with van der Waals surface area (Å²) in [5.41, 5.74) is 1.41. The number of benzene rings is 2. The molecule has 0 spiro atoms. The van der Waals surface area contributed by atoms with E-state index in [1.807, 2.05) is 26.0 Å². The van der Waals surface area contributed by atoms with Crippen LogP contribution < -0.4 is 19.5 Å². The Bertz CT molecular complexity index is 785. The quantitative estimate of drug-likeness (QED) is 0.706. The predicted molar refractivity (Wildman–Crippen MR) is 104 cm³/mol. The van der Waals surface area contributed by atoms with Crippen molar-refractivity contribution in [3.63, 3.8) is 0 Å². The topological polar surface area (TPSA) is 56.8 Å². The van der Waals surface area contributed by atoms with Gasteiger partial charge in [-0.1, -0.05) is 11.6 Å². The Balaban J connectivity index is 2.04. The van der Waals surface area contributed by atoms with Gasteiger partial charge in [0.05, 0.1) is 25.3 Å². The van der Waals surface area contributed by atoms with Gasteiger partial charge in [-0.25, -0.2) is 0 Å². The van der Waals surface area contributed by atoms with Gasteiger partial charge in [0.15, 0.2) is 11.5 Å². The van der Waals surface area contributed by atoms with Crippen LogP contribution in [0.25, 0.3) is 6.08 Å². The Morgan fingerprint density at radius 2 is 1.81 bits per heavy atom. The Morgan fingerprint density at radius 3 is 2.38 bits per heavy atom. The molecule has 0 heterocycles. The first-order chi connectivity index (χ1) is 12.4. The number of anilines is 1. The van der Waals surface area contributed by atoms with Crippen LogP contribution in [0, 0.1) is 0 Å². The summed E-state index contributed by atoms with van der Waals surface area (Å²) < 4.78 is 16.0. The number of rotatable bonds is 7. The highest BCUT2D eigenvalue weighted by atomic mass is 35.5. The molecule has 0 aliphatic heterocycles. The lowest BCUT2D eigenvalue weighted by molar-refractivity contribution is -0.111. The van der Waals surface area contributed by atoms with E-state index in [4.69, 9.17) is 25.8 Å². The van der Waals surface area contributed by atoms with Gasteiger partial charge >= 0.3 is 0 Å². The van der Waals surface area contributed by atoms with E-state index < -0.39 is 0 Å². The second-order valence-electron chi connectivity index (χ2n) is 5.75. The summed E-state index contributed by atoms with van der Waals surface area (Å²) in [4.78, 5) is 12.1. The Labute approximate surface area is 158 Å². The maximum atomic E-state index is 12.1. The smallest absolute Gasteiger partial charge is 0.248 e. The maximum Gasteiger partial charge on any atom is 0.248 e. The Hall–Kier alpha value is -2.66. The zero-order valence-corrected chi connectivity index (χ0v) is 16.0. The normalized spacial score (nSPS) is 10.8. The summed E-state index contributed by atoms with van der Waals surface area (Å²) in [6.07, 6.45) is 3.18. The van der Waals surface area contributed by atoms with Crippen molar-refractivity contribution in [2.45, 2.75) is 20.0 Å². The molecule has 2 aromatic carbocycles. The molecule has 0 unspecified atom stereocenters. The summed E-state index contributed by atoms with van der Waals surface area (Å²) in [5.74, 6) is 1.46. The molecule has 2 rings (SSSR count). The van der Waals surface area contributed by atoms with Gasteiger partial charge in [0.2, 0.25) is 5.91 Å². The van der Waals surface area contributed by atoms with Crippen LogP contribution in [0.3, 0.4) is 0 Å². The van der Waals surface area contributed by atoms with Crippen LogP contribution in [0.15, 0.2) is 42.5 Å². The van der Waals surface area contributed by atoms with Crippen molar-refractivity contribution >= 4 is 29.3 Å². The van der Waals surface area contributed by atoms with Crippen molar-refractivity contribution in [2.24, 2.45) is 0 Å². The molecule has 6 heteroatoms. The molecule has 0 fully saturated rings. The summed E-state index contributed by atoms with van der Waals surface area (Å²) in [6, 6.07) is 10.6. The zero-order chi connectivity index (χ0) is 19.1. The number of carbonyl (C=O) groups excluding carboxylic acids is 1. The molecule has 0 aliphatic rings. The highest BCUT2D eigenvalue weighted by Crippen LogP contribution is 2.36. The van der Waals surface area contributed by atoms with Crippen LogP contribution >= 0.6 is 11.6 Å². The van der Waals surface area contributed by atoms with E-state index >= 15 is 0 Å². The number of hydrogen-bond acceptors (Lipinski definition) is 4.